The predicted octanol–water partition coefficient (Wildman–Crippen LogP) is 2.52. The lowest BCUT2D eigenvalue weighted by atomic mass is 10.4. The first-order valence-electron chi connectivity index (χ1n) is 5.70. The molecule has 6 heteroatoms. The van der Waals surface area contributed by atoms with Crippen molar-refractivity contribution in [2.75, 3.05) is 5.32 Å². The van der Waals surface area contributed by atoms with Crippen LogP contribution in [0.3, 0.4) is 0 Å². The fraction of sp³-hybridized carbons (Fsp3) is 0.250. The van der Waals surface area contributed by atoms with Gasteiger partial charge in [0, 0.05) is 12.2 Å². The Morgan fingerprint density at radius 1 is 1.39 bits per heavy atom. The summed E-state index contributed by atoms with van der Waals surface area (Å²) < 4.78 is 2.00. The molecule has 0 saturated heterocycles. The van der Waals surface area contributed by atoms with Gasteiger partial charge in [0.25, 0.3) is 5.91 Å². The van der Waals surface area contributed by atoms with Crippen molar-refractivity contribution in [2.45, 2.75) is 18.9 Å². The maximum atomic E-state index is 12.1. The second-order valence-electron chi connectivity index (χ2n) is 4.21. The maximum absolute atomic E-state index is 12.1. The van der Waals surface area contributed by atoms with Crippen molar-refractivity contribution in [3.63, 3.8) is 0 Å². The molecule has 0 bridgehead atoms. The molecule has 1 aliphatic rings. The molecular formula is C12H11ClN4O. The van der Waals surface area contributed by atoms with Gasteiger partial charge in [-0.1, -0.05) is 11.6 Å². The number of amides is 1. The van der Waals surface area contributed by atoms with Crippen molar-refractivity contribution in [1.82, 2.24) is 14.5 Å². The zero-order valence-electron chi connectivity index (χ0n) is 9.51. The molecule has 92 valence electrons. The van der Waals surface area contributed by atoms with E-state index in [1.807, 2.05) is 16.8 Å². The highest BCUT2D eigenvalue weighted by Crippen LogP contribution is 2.36. The zero-order valence-corrected chi connectivity index (χ0v) is 10.3. The van der Waals surface area contributed by atoms with E-state index in [4.69, 9.17) is 11.6 Å². The van der Waals surface area contributed by atoms with Crippen LogP contribution in [0.25, 0.3) is 0 Å². The monoisotopic (exact) mass is 262 g/mol. The molecule has 0 atom stereocenters. The first-order valence-corrected chi connectivity index (χ1v) is 6.07. The molecule has 2 heterocycles. The number of rotatable bonds is 3. The average Bonchev–Trinajstić information content (AvgIpc) is 3.09. The second-order valence-corrected chi connectivity index (χ2v) is 4.60. The van der Waals surface area contributed by atoms with Crippen molar-refractivity contribution >= 4 is 23.3 Å². The number of carbonyl (C=O) groups is 1. The molecular weight excluding hydrogens is 252 g/mol. The van der Waals surface area contributed by atoms with Gasteiger partial charge in [-0.25, -0.2) is 9.97 Å². The van der Waals surface area contributed by atoms with Gasteiger partial charge in [-0.15, -0.1) is 0 Å². The van der Waals surface area contributed by atoms with Gasteiger partial charge in [0.15, 0.2) is 5.82 Å². The SMILES string of the molecule is O=C(Nc1cnc(Cl)cn1)c1cccn1C1CC1. The number of nitrogens with one attached hydrogen (secondary N) is 1. The summed E-state index contributed by atoms with van der Waals surface area (Å²) in [6.07, 6.45) is 7.04. The normalized spacial score (nSPS) is 14.5. The quantitative estimate of drug-likeness (QED) is 0.925. The summed E-state index contributed by atoms with van der Waals surface area (Å²) in [5, 5.41) is 3.00. The van der Waals surface area contributed by atoms with Crippen LogP contribution in [-0.2, 0) is 0 Å². The van der Waals surface area contributed by atoms with Gasteiger partial charge in [0.2, 0.25) is 0 Å². The van der Waals surface area contributed by atoms with Gasteiger partial charge in [0.05, 0.1) is 12.4 Å². The first kappa shape index (κ1) is 11.2. The Bertz CT molecular complexity index is 574. The Kier molecular flexibility index (Phi) is 2.76. The van der Waals surface area contributed by atoms with Gasteiger partial charge in [-0.2, -0.15) is 0 Å². The van der Waals surface area contributed by atoms with Crippen LogP contribution >= 0.6 is 11.6 Å². The summed E-state index contributed by atoms with van der Waals surface area (Å²) in [6, 6.07) is 4.15. The van der Waals surface area contributed by atoms with Crippen LogP contribution in [-0.4, -0.2) is 20.4 Å². The molecule has 1 N–H and O–H groups in total. The number of halogens is 1. The Morgan fingerprint density at radius 3 is 2.89 bits per heavy atom. The number of anilines is 1. The third-order valence-corrected chi connectivity index (χ3v) is 3.01. The third kappa shape index (κ3) is 2.22. The lowest BCUT2D eigenvalue weighted by molar-refractivity contribution is 0.101. The lowest BCUT2D eigenvalue weighted by Crippen LogP contribution is -2.17. The minimum Gasteiger partial charge on any atom is -0.340 e. The van der Waals surface area contributed by atoms with Gasteiger partial charge in [0.1, 0.15) is 10.8 Å². The third-order valence-electron chi connectivity index (χ3n) is 2.81. The number of hydrogen-bond donors (Lipinski definition) is 1. The summed E-state index contributed by atoms with van der Waals surface area (Å²) in [7, 11) is 0. The van der Waals surface area contributed by atoms with Crippen LogP contribution in [0.15, 0.2) is 30.7 Å². The van der Waals surface area contributed by atoms with E-state index in [0.29, 0.717) is 22.7 Å². The Morgan fingerprint density at radius 2 is 2.22 bits per heavy atom. The largest absolute Gasteiger partial charge is 0.340 e. The van der Waals surface area contributed by atoms with E-state index in [1.165, 1.54) is 12.4 Å². The highest BCUT2D eigenvalue weighted by Gasteiger charge is 2.26. The molecule has 0 spiro atoms. The van der Waals surface area contributed by atoms with Gasteiger partial charge < -0.3 is 9.88 Å². The molecule has 2 aromatic heterocycles. The molecule has 18 heavy (non-hydrogen) atoms. The van der Waals surface area contributed by atoms with Crippen LogP contribution in [0.1, 0.15) is 29.4 Å². The standard InChI is InChI=1S/C12H11ClN4O/c13-10-6-15-11(7-14-10)16-12(18)9-2-1-5-17(9)8-3-4-8/h1-2,5-8H,3-4H2,(H,15,16,18). The molecule has 0 aliphatic heterocycles. The molecule has 2 aromatic rings. The van der Waals surface area contributed by atoms with E-state index in [-0.39, 0.29) is 5.91 Å². The maximum Gasteiger partial charge on any atom is 0.273 e. The first-order chi connectivity index (χ1) is 8.74. The van der Waals surface area contributed by atoms with E-state index >= 15 is 0 Å². The average molecular weight is 263 g/mol. The zero-order chi connectivity index (χ0) is 12.5. The van der Waals surface area contributed by atoms with E-state index in [1.54, 1.807) is 6.07 Å². The molecule has 3 rings (SSSR count). The summed E-state index contributed by atoms with van der Waals surface area (Å²) in [5.41, 5.74) is 0.647. The predicted molar refractivity (Wildman–Crippen MR) is 67.7 cm³/mol. The van der Waals surface area contributed by atoms with Crippen LogP contribution in [0.5, 0.6) is 0 Å². The second kappa shape index (κ2) is 4.42. The molecule has 0 unspecified atom stereocenters. The van der Waals surface area contributed by atoms with E-state index < -0.39 is 0 Å². The number of carbonyl (C=O) groups excluding carboxylic acids is 1. The summed E-state index contributed by atoms with van der Waals surface area (Å²) in [5.74, 6) is 0.219. The highest BCUT2D eigenvalue weighted by molar-refractivity contribution is 6.29. The Labute approximate surface area is 109 Å². The fourth-order valence-electron chi connectivity index (χ4n) is 1.81. The van der Waals surface area contributed by atoms with Gasteiger partial charge in [-0.05, 0) is 25.0 Å². The molecule has 1 saturated carbocycles. The smallest absolute Gasteiger partial charge is 0.273 e. The fourth-order valence-corrected chi connectivity index (χ4v) is 1.91. The van der Waals surface area contributed by atoms with Crippen molar-refractivity contribution < 1.29 is 4.79 Å². The lowest BCUT2D eigenvalue weighted by Gasteiger charge is -2.07. The molecule has 1 fully saturated rings. The Balaban J connectivity index is 1.78. The van der Waals surface area contributed by atoms with Crippen molar-refractivity contribution in [3.05, 3.63) is 41.6 Å². The van der Waals surface area contributed by atoms with Gasteiger partial charge in [-0.3, -0.25) is 4.79 Å². The van der Waals surface area contributed by atoms with Crippen molar-refractivity contribution in [1.29, 1.82) is 0 Å². The molecule has 1 aliphatic carbocycles. The summed E-state index contributed by atoms with van der Waals surface area (Å²) >= 11 is 5.63. The number of hydrogen-bond acceptors (Lipinski definition) is 3. The minimum absolute atomic E-state index is 0.177. The van der Waals surface area contributed by atoms with E-state index in [0.717, 1.165) is 12.8 Å². The van der Waals surface area contributed by atoms with E-state index in [2.05, 4.69) is 15.3 Å². The van der Waals surface area contributed by atoms with Crippen molar-refractivity contribution in [3.8, 4) is 0 Å². The minimum atomic E-state index is -0.177. The van der Waals surface area contributed by atoms with E-state index in [9.17, 15) is 4.79 Å². The van der Waals surface area contributed by atoms with Crippen LogP contribution in [0.4, 0.5) is 5.82 Å². The number of aromatic nitrogens is 3. The van der Waals surface area contributed by atoms with Crippen LogP contribution in [0.2, 0.25) is 5.15 Å². The molecule has 0 radical (unpaired) electrons. The summed E-state index contributed by atoms with van der Waals surface area (Å²) in [4.78, 5) is 19.9. The Hall–Kier alpha value is -1.88. The van der Waals surface area contributed by atoms with Crippen molar-refractivity contribution in [2.24, 2.45) is 0 Å². The summed E-state index contributed by atoms with van der Waals surface area (Å²) in [6.45, 7) is 0. The molecule has 0 aromatic carbocycles. The topological polar surface area (TPSA) is 59.8 Å². The van der Waals surface area contributed by atoms with Crippen LogP contribution < -0.4 is 5.32 Å². The highest BCUT2D eigenvalue weighted by atomic mass is 35.5. The number of nitrogens with zero attached hydrogens (tertiary/aromatic N) is 3. The molecule has 5 nitrogen and oxygen atoms in total. The molecule has 1 amide bonds. The van der Waals surface area contributed by atoms with Crippen LogP contribution in [0, 0.1) is 0 Å². The van der Waals surface area contributed by atoms with Gasteiger partial charge >= 0.3 is 0 Å².